The zero-order valence-electron chi connectivity index (χ0n) is 11.3. The van der Waals surface area contributed by atoms with Crippen LogP contribution in [-0.4, -0.2) is 39.5 Å². The van der Waals surface area contributed by atoms with Crippen LogP contribution in [0.3, 0.4) is 0 Å². The van der Waals surface area contributed by atoms with Gasteiger partial charge >= 0.3 is 0 Å². The smallest absolute Gasteiger partial charge is 0.150 e. The number of nitrogens with two attached hydrogens (primary N) is 1. The first kappa shape index (κ1) is 14.1. The fourth-order valence-electron chi connectivity index (χ4n) is 2.22. The molecule has 1 heterocycles. The van der Waals surface area contributed by atoms with Crippen LogP contribution >= 0.6 is 0 Å². The van der Waals surface area contributed by atoms with E-state index in [0.29, 0.717) is 24.7 Å². The van der Waals surface area contributed by atoms with Gasteiger partial charge in [-0.15, -0.1) is 0 Å². The zero-order chi connectivity index (χ0) is 13.7. The van der Waals surface area contributed by atoms with E-state index >= 15 is 0 Å². The summed E-state index contributed by atoms with van der Waals surface area (Å²) in [6.45, 7) is 2.53. The van der Waals surface area contributed by atoms with Gasteiger partial charge in [0.2, 0.25) is 0 Å². The van der Waals surface area contributed by atoms with Gasteiger partial charge in [0.05, 0.1) is 12.3 Å². The summed E-state index contributed by atoms with van der Waals surface area (Å²) >= 11 is 0. The molecular formula is C14H21FN2O2. The Morgan fingerprint density at radius 2 is 2.05 bits per heavy atom. The van der Waals surface area contributed by atoms with Crippen molar-refractivity contribution >= 4 is 5.69 Å². The monoisotopic (exact) mass is 268 g/mol. The minimum absolute atomic E-state index is 0.245. The largest absolute Gasteiger partial charge is 0.491 e. The molecule has 0 aromatic heterocycles. The zero-order valence-corrected chi connectivity index (χ0v) is 11.3. The van der Waals surface area contributed by atoms with Crippen molar-refractivity contribution in [2.24, 2.45) is 5.73 Å². The number of methoxy groups -OCH3 is 1. The average Bonchev–Trinajstić information content (AvgIpc) is 2.41. The molecule has 2 N–H and O–H groups in total. The molecule has 19 heavy (non-hydrogen) atoms. The number of hydrogen-bond acceptors (Lipinski definition) is 4. The van der Waals surface area contributed by atoms with Crippen LogP contribution in [-0.2, 0) is 4.74 Å². The first-order chi connectivity index (χ1) is 9.20. The van der Waals surface area contributed by atoms with E-state index in [1.165, 1.54) is 6.07 Å². The lowest BCUT2D eigenvalue weighted by molar-refractivity contribution is 0.146. The van der Waals surface area contributed by atoms with Crippen molar-refractivity contribution in [3.8, 4) is 5.75 Å². The van der Waals surface area contributed by atoms with Gasteiger partial charge in [0.25, 0.3) is 0 Å². The lowest BCUT2D eigenvalue weighted by Crippen LogP contribution is -2.40. The number of piperidine rings is 1. The minimum atomic E-state index is -0.245. The Hall–Kier alpha value is -1.33. The molecule has 1 aliphatic heterocycles. The number of hydrogen-bond donors (Lipinski definition) is 1. The molecule has 1 fully saturated rings. The number of nitrogens with zero attached hydrogens (tertiary/aromatic N) is 1. The van der Waals surface area contributed by atoms with Crippen LogP contribution in [0, 0.1) is 5.82 Å². The average molecular weight is 268 g/mol. The van der Waals surface area contributed by atoms with Gasteiger partial charge in [-0.05, 0) is 25.0 Å². The molecule has 0 amide bonds. The Balaban J connectivity index is 1.98. The van der Waals surface area contributed by atoms with Crippen molar-refractivity contribution in [1.29, 1.82) is 0 Å². The van der Waals surface area contributed by atoms with E-state index in [2.05, 4.69) is 0 Å². The van der Waals surface area contributed by atoms with Gasteiger partial charge in [-0.2, -0.15) is 0 Å². The summed E-state index contributed by atoms with van der Waals surface area (Å²) in [7, 11) is 1.61. The molecule has 106 valence electrons. The van der Waals surface area contributed by atoms with Gasteiger partial charge < -0.3 is 20.1 Å². The molecule has 0 unspecified atom stereocenters. The van der Waals surface area contributed by atoms with Crippen molar-refractivity contribution in [2.75, 3.05) is 38.3 Å². The number of ether oxygens (including phenoxy) is 2. The fraction of sp³-hybridized carbons (Fsp3) is 0.571. The second kappa shape index (κ2) is 6.73. The van der Waals surface area contributed by atoms with E-state index in [-0.39, 0.29) is 11.9 Å². The van der Waals surface area contributed by atoms with Crippen molar-refractivity contribution < 1.29 is 13.9 Å². The van der Waals surface area contributed by atoms with E-state index in [1.807, 2.05) is 4.90 Å². The fourth-order valence-corrected chi connectivity index (χ4v) is 2.22. The van der Waals surface area contributed by atoms with Crippen LogP contribution in [0.4, 0.5) is 10.1 Å². The van der Waals surface area contributed by atoms with Crippen molar-refractivity contribution in [3.05, 3.63) is 24.0 Å². The molecule has 0 saturated carbocycles. The molecule has 4 nitrogen and oxygen atoms in total. The van der Waals surface area contributed by atoms with Crippen LogP contribution < -0.4 is 15.4 Å². The molecule has 0 radical (unpaired) electrons. The van der Waals surface area contributed by atoms with Gasteiger partial charge in [-0.25, -0.2) is 4.39 Å². The third-order valence-electron chi connectivity index (χ3n) is 3.36. The highest BCUT2D eigenvalue weighted by Crippen LogP contribution is 2.26. The summed E-state index contributed by atoms with van der Waals surface area (Å²) in [5, 5.41) is 0. The Kier molecular flexibility index (Phi) is 4.99. The molecule has 1 aliphatic rings. The molecule has 1 aromatic carbocycles. The first-order valence-corrected chi connectivity index (χ1v) is 6.62. The summed E-state index contributed by atoms with van der Waals surface area (Å²) in [5.74, 6) is 0.289. The minimum Gasteiger partial charge on any atom is -0.491 e. The summed E-state index contributed by atoms with van der Waals surface area (Å²) in [6.07, 6.45) is 1.82. The molecule has 0 atom stereocenters. The number of halogens is 1. The van der Waals surface area contributed by atoms with Gasteiger partial charge in [0.1, 0.15) is 18.2 Å². The maximum atomic E-state index is 14.1. The van der Waals surface area contributed by atoms with Gasteiger partial charge in [-0.3, -0.25) is 0 Å². The lowest BCUT2D eigenvalue weighted by atomic mass is 10.1. The van der Waals surface area contributed by atoms with Gasteiger partial charge in [-0.1, -0.05) is 0 Å². The van der Waals surface area contributed by atoms with Crippen molar-refractivity contribution in [3.63, 3.8) is 0 Å². The molecular weight excluding hydrogens is 247 g/mol. The van der Waals surface area contributed by atoms with Gasteiger partial charge in [0, 0.05) is 32.3 Å². The molecule has 0 aliphatic carbocycles. The number of benzene rings is 1. The van der Waals surface area contributed by atoms with Crippen molar-refractivity contribution in [2.45, 2.75) is 18.9 Å². The number of rotatable bonds is 5. The third-order valence-corrected chi connectivity index (χ3v) is 3.36. The SMILES string of the molecule is COCCOc1ccc(N2CCC(N)CC2)c(F)c1. The second-order valence-electron chi connectivity index (χ2n) is 4.78. The highest BCUT2D eigenvalue weighted by molar-refractivity contribution is 5.51. The predicted molar refractivity (Wildman–Crippen MR) is 73.2 cm³/mol. The standard InChI is InChI=1S/C14H21FN2O2/c1-18-8-9-19-12-2-3-14(13(15)10-12)17-6-4-11(16)5-7-17/h2-3,10-11H,4-9,16H2,1H3. The molecule has 0 bridgehead atoms. The third kappa shape index (κ3) is 3.81. The highest BCUT2D eigenvalue weighted by atomic mass is 19.1. The Morgan fingerprint density at radius 1 is 1.32 bits per heavy atom. The summed E-state index contributed by atoms with van der Waals surface area (Å²) in [6, 6.07) is 5.24. The van der Waals surface area contributed by atoms with Crippen molar-refractivity contribution in [1.82, 2.24) is 0 Å². The summed E-state index contributed by atoms with van der Waals surface area (Å²) < 4.78 is 24.3. The molecule has 1 aromatic rings. The highest BCUT2D eigenvalue weighted by Gasteiger charge is 2.19. The van der Waals surface area contributed by atoms with E-state index in [1.54, 1.807) is 19.2 Å². The molecule has 5 heteroatoms. The van der Waals surface area contributed by atoms with E-state index in [4.69, 9.17) is 15.2 Å². The maximum Gasteiger partial charge on any atom is 0.150 e. The normalized spacial score (nSPS) is 16.7. The Morgan fingerprint density at radius 3 is 2.68 bits per heavy atom. The Bertz CT molecular complexity index is 406. The van der Waals surface area contributed by atoms with E-state index < -0.39 is 0 Å². The maximum absolute atomic E-state index is 14.1. The first-order valence-electron chi connectivity index (χ1n) is 6.62. The summed E-state index contributed by atoms with van der Waals surface area (Å²) in [4.78, 5) is 2.04. The quantitative estimate of drug-likeness (QED) is 0.827. The summed E-state index contributed by atoms with van der Waals surface area (Å²) in [5.41, 5.74) is 6.48. The second-order valence-corrected chi connectivity index (χ2v) is 4.78. The van der Waals surface area contributed by atoms with Crippen LogP contribution in [0.25, 0.3) is 0 Å². The van der Waals surface area contributed by atoms with Crippen LogP contribution in [0.5, 0.6) is 5.75 Å². The topological polar surface area (TPSA) is 47.7 Å². The van der Waals surface area contributed by atoms with Crippen LogP contribution in [0.2, 0.25) is 0 Å². The predicted octanol–water partition coefficient (Wildman–Crippen LogP) is 1.78. The van der Waals surface area contributed by atoms with Gasteiger partial charge in [0.15, 0.2) is 0 Å². The van der Waals surface area contributed by atoms with Crippen LogP contribution in [0.15, 0.2) is 18.2 Å². The lowest BCUT2D eigenvalue weighted by Gasteiger charge is -2.32. The van der Waals surface area contributed by atoms with Crippen LogP contribution in [0.1, 0.15) is 12.8 Å². The Labute approximate surface area is 113 Å². The molecule has 2 rings (SSSR count). The molecule has 0 spiro atoms. The molecule has 1 saturated heterocycles. The van der Waals surface area contributed by atoms with E-state index in [0.717, 1.165) is 25.9 Å². The number of anilines is 1. The van der Waals surface area contributed by atoms with E-state index in [9.17, 15) is 4.39 Å².